The van der Waals surface area contributed by atoms with E-state index < -0.39 is 11.9 Å². The van der Waals surface area contributed by atoms with E-state index in [9.17, 15) is 14.7 Å². The fraction of sp³-hybridized carbons (Fsp3) is 0.375. The Labute approximate surface area is 125 Å². The van der Waals surface area contributed by atoms with Crippen LogP contribution < -0.4 is 5.32 Å². The van der Waals surface area contributed by atoms with Crippen molar-refractivity contribution in [1.29, 1.82) is 0 Å². The van der Waals surface area contributed by atoms with Crippen molar-refractivity contribution in [3.63, 3.8) is 0 Å². The minimum Gasteiger partial charge on any atom is -0.481 e. The number of carbonyl (C=O) groups excluding carboxylic acids is 1. The molecule has 2 N–H and O–H groups in total. The first-order chi connectivity index (χ1) is 10.1. The number of nitrogens with one attached hydrogen (secondary N) is 1. The van der Waals surface area contributed by atoms with Gasteiger partial charge < -0.3 is 15.3 Å². The highest BCUT2D eigenvalue weighted by molar-refractivity contribution is 5.79. The number of hydrogen-bond acceptors (Lipinski definition) is 2. The minimum atomic E-state index is -0.948. The van der Waals surface area contributed by atoms with E-state index in [0.29, 0.717) is 12.1 Å². The largest absolute Gasteiger partial charge is 0.481 e. The monoisotopic (exact) mass is 290 g/mol. The third-order valence-electron chi connectivity index (χ3n) is 3.21. The summed E-state index contributed by atoms with van der Waals surface area (Å²) in [6, 6.07) is 8.63. The molecule has 0 aromatic heterocycles. The number of hydrogen-bond donors (Lipinski definition) is 2. The number of carboxylic acids is 1. The van der Waals surface area contributed by atoms with Crippen molar-refractivity contribution >= 4 is 12.0 Å². The summed E-state index contributed by atoms with van der Waals surface area (Å²) in [4.78, 5) is 24.8. The second-order valence-corrected chi connectivity index (χ2v) is 4.84. The Bertz CT molecular complexity index is 474. The molecule has 0 saturated heterocycles. The molecule has 1 aromatic carbocycles. The molecule has 21 heavy (non-hydrogen) atoms. The van der Waals surface area contributed by atoms with Crippen LogP contribution in [0.4, 0.5) is 4.79 Å². The topological polar surface area (TPSA) is 69.6 Å². The maximum atomic E-state index is 11.9. The van der Waals surface area contributed by atoms with Gasteiger partial charge in [0.15, 0.2) is 0 Å². The van der Waals surface area contributed by atoms with E-state index in [0.717, 1.165) is 12.8 Å². The van der Waals surface area contributed by atoms with Crippen molar-refractivity contribution in [2.75, 3.05) is 20.1 Å². The Morgan fingerprint density at radius 3 is 2.62 bits per heavy atom. The van der Waals surface area contributed by atoms with E-state index in [-0.39, 0.29) is 12.6 Å². The first kappa shape index (κ1) is 16.8. The van der Waals surface area contributed by atoms with E-state index >= 15 is 0 Å². The van der Waals surface area contributed by atoms with Gasteiger partial charge in [-0.25, -0.2) is 4.79 Å². The smallest absolute Gasteiger partial charge is 0.317 e. The lowest BCUT2D eigenvalue weighted by atomic mass is 9.99. The van der Waals surface area contributed by atoms with Crippen LogP contribution in [-0.2, 0) is 4.79 Å². The van der Waals surface area contributed by atoms with Crippen LogP contribution in [0.2, 0.25) is 0 Å². The van der Waals surface area contributed by atoms with Crippen molar-refractivity contribution in [3.05, 3.63) is 48.6 Å². The highest BCUT2D eigenvalue weighted by atomic mass is 16.4. The number of rotatable bonds is 8. The molecular weight excluding hydrogens is 268 g/mol. The zero-order valence-corrected chi connectivity index (χ0v) is 12.3. The van der Waals surface area contributed by atoms with Gasteiger partial charge in [-0.15, -0.1) is 6.58 Å². The molecule has 0 aliphatic carbocycles. The molecule has 0 heterocycles. The summed E-state index contributed by atoms with van der Waals surface area (Å²) in [6.07, 6.45) is 3.50. The van der Waals surface area contributed by atoms with Gasteiger partial charge in [-0.1, -0.05) is 36.4 Å². The van der Waals surface area contributed by atoms with Gasteiger partial charge >= 0.3 is 12.0 Å². The van der Waals surface area contributed by atoms with E-state index in [4.69, 9.17) is 0 Å². The molecule has 5 heteroatoms. The summed E-state index contributed by atoms with van der Waals surface area (Å²) in [5.41, 5.74) is 0.680. The molecule has 1 atom stereocenters. The third kappa shape index (κ3) is 5.69. The summed E-state index contributed by atoms with van der Waals surface area (Å²) >= 11 is 0. The number of benzene rings is 1. The summed E-state index contributed by atoms with van der Waals surface area (Å²) in [7, 11) is 1.69. The molecule has 1 unspecified atom stereocenters. The highest BCUT2D eigenvalue weighted by Gasteiger charge is 2.21. The molecule has 2 amide bonds. The van der Waals surface area contributed by atoms with Crippen LogP contribution >= 0.6 is 0 Å². The highest BCUT2D eigenvalue weighted by Crippen LogP contribution is 2.14. The molecular formula is C16H22N2O3. The summed E-state index contributed by atoms with van der Waals surface area (Å²) in [5.74, 6) is -1.69. The predicted octanol–water partition coefficient (Wildman–Crippen LogP) is 2.46. The van der Waals surface area contributed by atoms with Crippen LogP contribution in [0.3, 0.4) is 0 Å². The lowest BCUT2D eigenvalue weighted by Gasteiger charge is -2.19. The molecule has 0 radical (unpaired) electrons. The van der Waals surface area contributed by atoms with Gasteiger partial charge in [-0.05, 0) is 18.4 Å². The standard InChI is InChI=1S/C16H22N2O3/c1-3-4-8-11-18(2)16(21)17-12-14(15(19)20)13-9-6-5-7-10-13/h3,5-7,9-10,14H,1,4,8,11-12H2,2H3,(H,17,21)(H,19,20). The zero-order chi connectivity index (χ0) is 15.7. The summed E-state index contributed by atoms with van der Waals surface area (Å²) in [5, 5.41) is 11.9. The number of urea groups is 1. The SMILES string of the molecule is C=CCCCN(C)C(=O)NCC(C(=O)O)c1ccccc1. The molecule has 0 aliphatic rings. The van der Waals surface area contributed by atoms with Gasteiger partial charge in [0.05, 0.1) is 5.92 Å². The summed E-state index contributed by atoms with van der Waals surface area (Å²) in [6.45, 7) is 4.32. The molecule has 1 rings (SSSR count). The first-order valence-corrected chi connectivity index (χ1v) is 6.94. The van der Waals surface area contributed by atoms with E-state index in [1.54, 1.807) is 36.2 Å². The van der Waals surface area contributed by atoms with Crippen molar-refractivity contribution in [2.24, 2.45) is 0 Å². The van der Waals surface area contributed by atoms with E-state index in [1.807, 2.05) is 12.1 Å². The molecule has 114 valence electrons. The Balaban J connectivity index is 2.52. The molecule has 0 spiro atoms. The minimum absolute atomic E-state index is 0.0734. The zero-order valence-electron chi connectivity index (χ0n) is 12.3. The van der Waals surface area contributed by atoms with Crippen LogP contribution in [0.1, 0.15) is 24.3 Å². The van der Waals surface area contributed by atoms with Crippen LogP contribution in [0, 0.1) is 0 Å². The van der Waals surface area contributed by atoms with Crippen LogP contribution in [0.5, 0.6) is 0 Å². The lowest BCUT2D eigenvalue weighted by Crippen LogP contribution is -2.40. The molecule has 0 bridgehead atoms. The van der Waals surface area contributed by atoms with Crippen LogP contribution in [-0.4, -0.2) is 42.1 Å². The first-order valence-electron chi connectivity index (χ1n) is 6.94. The summed E-state index contributed by atoms with van der Waals surface area (Å²) < 4.78 is 0. The Kier molecular flexibility index (Phi) is 7.01. The average molecular weight is 290 g/mol. The predicted molar refractivity (Wildman–Crippen MR) is 82.3 cm³/mol. The van der Waals surface area contributed by atoms with Crippen LogP contribution in [0.25, 0.3) is 0 Å². The lowest BCUT2D eigenvalue weighted by molar-refractivity contribution is -0.138. The maximum absolute atomic E-state index is 11.9. The maximum Gasteiger partial charge on any atom is 0.317 e. The number of unbranched alkanes of at least 4 members (excludes halogenated alkanes) is 1. The van der Waals surface area contributed by atoms with Gasteiger partial charge in [-0.2, -0.15) is 0 Å². The van der Waals surface area contributed by atoms with Crippen molar-refractivity contribution in [1.82, 2.24) is 10.2 Å². The Morgan fingerprint density at radius 2 is 2.05 bits per heavy atom. The van der Waals surface area contributed by atoms with Gasteiger partial charge in [0, 0.05) is 20.1 Å². The van der Waals surface area contributed by atoms with Crippen molar-refractivity contribution in [3.8, 4) is 0 Å². The second kappa shape index (κ2) is 8.79. The number of aliphatic carboxylic acids is 1. The number of carboxylic acid groups (broad SMARTS) is 1. The fourth-order valence-electron chi connectivity index (χ4n) is 1.93. The number of allylic oxidation sites excluding steroid dienone is 1. The average Bonchev–Trinajstić information content (AvgIpc) is 2.48. The Hall–Kier alpha value is -2.30. The second-order valence-electron chi connectivity index (χ2n) is 4.84. The van der Waals surface area contributed by atoms with Gasteiger partial charge in [0.2, 0.25) is 0 Å². The quantitative estimate of drug-likeness (QED) is 0.571. The van der Waals surface area contributed by atoms with E-state index in [1.165, 1.54) is 0 Å². The molecule has 0 fully saturated rings. The Morgan fingerprint density at radius 1 is 1.38 bits per heavy atom. The molecule has 1 aromatic rings. The fourth-order valence-corrected chi connectivity index (χ4v) is 1.93. The molecule has 5 nitrogen and oxygen atoms in total. The van der Waals surface area contributed by atoms with Crippen molar-refractivity contribution < 1.29 is 14.7 Å². The molecule has 0 saturated carbocycles. The molecule has 0 aliphatic heterocycles. The van der Waals surface area contributed by atoms with Gasteiger partial charge in [0.25, 0.3) is 0 Å². The van der Waals surface area contributed by atoms with Gasteiger partial charge in [-0.3, -0.25) is 4.79 Å². The normalized spacial score (nSPS) is 11.5. The van der Waals surface area contributed by atoms with E-state index in [2.05, 4.69) is 11.9 Å². The third-order valence-corrected chi connectivity index (χ3v) is 3.21. The van der Waals surface area contributed by atoms with Crippen LogP contribution in [0.15, 0.2) is 43.0 Å². The number of carbonyl (C=O) groups is 2. The van der Waals surface area contributed by atoms with Crippen molar-refractivity contribution in [2.45, 2.75) is 18.8 Å². The van der Waals surface area contributed by atoms with Gasteiger partial charge in [0.1, 0.15) is 0 Å². The number of nitrogens with zero attached hydrogens (tertiary/aromatic N) is 1. The number of amides is 2.